The molecule has 0 saturated heterocycles. The minimum atomic E-state index is -0.379. The average Bonchev–Trinajstić information content (AvgIpc) is 2.38. The Morgan fingerprint density at radius 1 is 1.47 bits per heavy atom. The summed E-state index contributed by atoms with van der Waals surface area (Å²) >= 11 is 0. The van der Waals surface area contributed by atoms with Gasteiger partial charge >= 0.3 is 5.97 Å². The molecule has 1 heterocycles. The lowest BCUT2D eigenvalue weighted by Gasteiger charge is -2.23. The second kappa shape index (κ2) is 7.21. The molecule has 0 saturated carbocycles. The molecule has 2 N–H and O–H groups in total. The summed E-state index contributed by atoms with van der Waals surface area (Å²) in [5, 5.41) is 12.2. The summed E-state index contributed by atoms with van der Waals surface area (Å²) in [5.74, 6) is -0.379. The van der Waals surface area contributed by atoms with Crippen molar-refractivity contribution < 1.29 is 14.6 Å². The number of aromatic nitrogens is 1. The van der Waals surface area contributed by atoms with Crippen molar-refractivity contribution in [3.8, 4) is 0 Å². The first-order valence-corrected chi connectivity index (χ1v) is 6.33. The zero-order valence-corrected chi connectivity index (χ0v) is 11.8. The van der Waals surface area contributed by atoms with Crippen molar-refractivity contribution >= 4 is 5.97 Å². The van der Waals surface area contributed by atoms with Gasteiger partial charge in [0.2, 0.25) is 0 Å². The van der Waals surface area contributed by atoms with Gasteiger partial charge in [0.15, 0.2) is 0 Å². The van der Waals surface area contributed by atoms with Gasteiger partial charge in [-0.2, -0.15) is 0 Å². The first-order chi connectivity index (χ1) is 8.98. The summed E-state index contributed by atoms with van der Waals surface area (Å²) in [5.41, 5.74) is 1.38. The molecule has 1 aromatic heterocycles. The highest BCUT2D eigenvalue weighted by Crippen LogP contribution is 2.18. The van der Waals surface area contributed by atoms with E-state index in [2.05, 4.69) is 28.9 Å². The molecule has 0 fully saturated rings. The molecule has 0 aliphatic rings. The molecule has 0 amide bonds. The molecule has 106 valence electrons. The molecule has 19 heavy (non-hydrogen) atoms. The number of hydrogen-bond donors (Lipinski definition) is 2. The number of nitrogens with one attached hydrogen (secondary N) is 1. The number of aliphatic hydroxyl groups excluding tert-OH is 1. The molecule has 0 radical (unpaired) electrons. The van der Waals surface area contributed by atoms with Crippen molar-refractivity contribution in [2.24, 2.45) is 5.41 Å². The lowest BCUT2D eigenvalue weighted by Crippen LogP contribution is -2.30. The van der Waals surface area contributed by atoms with Gasteiger partial charge in [-0.05, 0) is 24.0 Å². The van der Waals surface area contributed by atoms with E-state index in [1.54, 1.807) is 12.1 Å². The molecule has 5 heteroatoms. The predicted molar refractivity (Wildman–Crippen MR) is 72.8 cm³/mol. The highest BCUT2D eigenvalue weighted by atomic mass is 16.5. The highest BCUT2D eigenvalue weighted by Gasteiger charge is 2.16. The number of aliphatic hydroxyl groups is 1. The van der Waals surface area contributed by atoms with E-state index in [1.165, 1.54) is 13.3 Å². The summed E-state index contributed by atoms with van der Waals surface area (Å²) in [4.78, 5) is 15.4. The predicted octanol–water partition coefficient (Wildman–Crippen LogP) is 1.37. The SMILES string of the molecule is COC(=O)c1ccc(CNCC(C)(C)CCO)nc1. The summed E-state index contributed by atoms with van der Waals surface area (Å²) in [6.07, 6.45) is 2.27. The first kappa shape index (κ1) is 15.6. The molecule has 0 bridgehead atoms. The summed E-state index contributed by atoms with van der Waals surface area (Å²) in [6.45, 7) is 5.83. The highest BCUT2D eigenvalue weighted by molar-refractivity contribution is 5.88. The Hall–Kier alpha value is -1.46. The number of hydrogen-bond acceptors (Lipinski definition) is 5. The Morgan fingerprint density at radius 2 is 2.21 bits per heavy atom. The molecule has 0 atom stereocenters. The standard InChI is InChI=1S/C14H22N2O3/c1-14(2,6-7-17)10-15-9-12-5-4-11(8-16-12)13(18)19-3/h4-5,8,15,17H,6-7,9-10H2,1-3H3. The van der Waals surface area contributed by atoms with Crippen LogP contribution in [-0.4, -0.2) is 36.3 Å². The smallest absolute Gasteiger partial charge is 0.339 e. The average molecular weight is 266 g/mol. The normalized spacial score (nSPS) is 11.4. The zero-order valence-electron chi connectivity index (χ0n) is 11.8. The van der Waals surface area contributed by atoms with Crippen LogP contribution < -0.4 is 5.32 Å². The van der Waals surface area contributed by atoms with Crippen LogP contribution in [0.2, 0.25) is 0 Å². The second-order valence-corrected chi connectivity index (χ2v) is 5.27. The van der Waals surface area contributed by atoms with Crippen LogP contribution in [0.4, 0.5) is 0 Å². The Bertz CT molecular complexity index is 402. The van der Waals surface area contributed by atoms with Gasteiger partial charge in [-0.1, -0.05) is 13.8 Å². The summed E-state index contributed by atoms with van der Waals surface area (Å²) in [7, 11) is 1.35. The Kier molecular flexibility index (Phi) is 5.92. The molecule has 0 aromatic carbocycles. The number of carbonyl (C=O) groups excluding carboxylic acids is 1. The molecule has 1 aromatic rings. The quantitative estimate of drug-likeness (QED) is 0.729. The van der Waals surface area contributed by atoms with Crippen molar-refractivity contribution in [2.45, 2.75) is 26.8 Å². The third-order valence-corrected chi connectivity index (χ3v) is 2.94. The van der Waals surface area contributed by atoms with Crippen molar-refractivity contribution in [3.63, 3.8) is 0 Å². The number of rotatable bonds is 7. The van der Waals surface area contributed by atoms with Crippen molar-refractivity contribution in [2.75, 3.05) is 20.3 Å². The van der Waals surface area contributed by atoms with Crippen LogP contribution in [0, 0.1) is 5.41 Å². The number of esters is 1. The second-order valence-electron chi connectivity index (χ2n) is 5.27. The number of methoxy groups -OCH3 is 1. The van der Waals surface area contributed by atoms with Crippen molar-refractivity contribution in [1.29, 1.82) is 0 Å². The van der Waals surface area contributed by atoms with Gasteiger partial charge in [0.1, 0.15) is 0 Å². The topological polar surface area (TPSA) is 71.5 Å². The van der Waals surface area contributed by atoms with Gasteiger partial charge in [-0.3, -0.25) is 4.98 Å². The van der Waals surface area contributed by atoms with Gasteiger partial charge in [-0.25, -0.2) is 4.79 Å². The van der Waals surface area contributed by atoms with Crippen LogP contribution >= 0.6 is 0 Å². The molecule has 0 unspecified atom stereocenters. The molecular weight excluding hydrogens is 244 g/mol. The summed E-state index contributed by atoms with van der Waals surface area (Å²) < 4.78 is 4.61. The molecular formula is C14H22N2O3. The maximum Gasteiger partial charge on any atom is 0.339 e. The third-order valence-electron chi connectivity index (χ3n) is 2.94. The Labute approximate surface area is 114 Å². The fourth-order valence-corrected chi connectivity index (χ4v) is 1.69. The minimum absolute atomic E-state index is 0.0563. The number of pyridine rings is 1. The van der Waals surface area contributed by atoms with Crippen LogP contribution in [0.25, 0.3) is 0 Å². The van der Waals surface area contributed by atoms with Crippen LogP contribution in [0.3, 0.4) is 0 Å². The lowest BCUT2D eigenvalue weighted by molar-refractivity contribution is 0.0600. The zero-order chi connectivity index (χ0) is 14.3. The number of carbonyl (C=O) groups is 1. The van der Waals surface area contributed by atoms with E-state index in [1.807, 2.05) is 0 Å². The van der Waals surface area contributed by atoms with E-state index in [9.17, 15) is 4.79 Å². The van der Waals surface area contributed by atoms with Crippen LogP contribution in [0.1, 0.15) is 36.3 Å². The first-order valence-electron chi connectivity index (χ1n) is 6.33. The van der Waals surface area contributed by atoms with E-state index in [0.29, 0.717) is 12.1 Å². The molecule has 0 spiro atoms. The fourth-order valence-electron chi connectivity index (χ4n) is 1.69. The van der Waals surface area contributed by atoms with E-state index >= 15 is 0 Å². The van der Waals surface area contributed by atoms with Crippen LogP contribution in [-0.2, 0) is 11.3 Å². The number of ether oxygens (including phenoxy) is 1. The van der Waals surface area contributed by atoms with Crippen LogP contribution in [0.5, 0.6) is 0 Å². The van der Waals surface area contributed by atoms with Gasteiger partial charge < -0.3 is 15.2 Å². The Morgan fingerprint density at radius 3 is 2.74 bits per heavy atom. The van der Waals surface area contributed by atoms with Crippen molar-refractivity contribution in [3.05, 3.63) is 29.6 Å². The Balaban J connectivity index is 2.44. The van der Waals surface area contributed by atoms with E-state index in [4.69, 9.17) is 5.11 Å². The van der Waals surface area contributed by atoms with E-state index in [-0.39, 0.29) is 18.0 Å². The minimum Gasteiger partial charge on any atom is -0.465 e. The number of nitrogens with zero attached hydrogens (tertiary/aromatic N) is 1. The third kappa shape index (κ3) is 5.36. The van der Waals surface area contributed by atoms with Gasteiger partial charge in [-0.15, -0.1) is 0 Å². The molecule has 0 aliphatic carbocycles. The van der Waals surface area contributed by atoms with Crippen molar-refractivity contribution in [1.82, 2.24) is 10.3 Å². The fraction of sp³-hybridized carbons (Fsp3) is 0.571. The van der Waals surface area contributed by atoms with Gasteiger partial charge in [0, 0.05) is 25.9 Å². The maximum absolute atomic E-state index is 11.2. The molecule has 1 rings (SSSR count). The summed E-state index contributed by atoms with van der Waals surface area (Å²) in [6, 6.07) is 3.51. The van der Waals surface area contributed by atoms with Crippen LogP contribution in [0.15, 0.2) is 18.3 Å². The molecule has 0 aliphatic heterocycles. The largest absolute Gasteiger partial charge is 0.465 e. The maximum atomic E-state index is 11.2. The van der Waals surface area contributed by atoms with Gasteiger partial charge in [0.25, 0.3) is 0 Å². The van der Waals surface area contributed by atoms with E-state index < -0.39 is 0 Å². The van der Waals surface area contributed by atoms with E-state index in [0.717, 1.165) is 18.7 Å². The lowest BCUT2D eigenvalue weighted by atomic mass is 9.90. The van der Waals surface area contributed by atoms with Gasteiger partial charge in [0.05, 0.1) is 18.4 Å². The monoisotopic (exact) mass is 266 g/mol. The molecule has 5 nitrogen and oxygen atoms in total.